The van der Waals surface area contributed by atoms with E-state index >= 15 is 0 Å². The lowest BCUT2D eigenvalue weighted by Gasteiger charge is -2.39. The van der Waals surface area contributed by atoms with Crippen LogP contribution in [-0.4, -0.2) is 69.5 Å². The molecule has 32 heavy (non-hydrogen) atoms. The minimum Gasteiger partial charge on any atom is -0.338 e. The molecule has 1 saturated heterocycles. The van der Waals surface area contributed by atoms with E-state index in [1.54, 1.807) is 11.3 Å². The quantitative estimate of drug-likeness (QED) is 0.594. The number of thiophene rings is 1. The molecule has 0 saturated carbocycles. The number of rotatable bonds is 5. The molecule has 0 N–H and O–H groups in total. The maximum Gasteiger partial charge on any atom is 0.241 e. The number of amides is 1. The predicted molar refractivity (Wildman–Crippen MR) is 124 cm³/mol. The van der Waals surface area contributed by atoms with Crippen molar-refractivity contribution in [1.29, 1.82) is 0 Å². The van der Waals surface area contributed by atoms with Crippen LogP contribution in [0.15, 0.2) is 40.2 Å². The lowest BCUT2D eigenvalue weighted by molar-refractivity contribution is -0.138. The molecule has 4 heterocycles. The van der Waals surface area contributed by atoms with Crippen molar-refractivity contribution in [3.05, 3.63) is 57.6 Å². The third kappa shape index (κ3) is 4.35. The fourth-order valence-corrected chi connectivity index (χ4v) is 5.50. The summed E-state index contributed by atoms with van der Waals surface area (Å²) < 4.78 is 5.51. The zero-order valence-corrected chi connectivity index (χ0v) is 19.5. The van der Waals surface area contributed by atoms with Gasteiger partial charge < -0.3 is 9.42 Å². The topological polar surface area (TPSA) is 65.7 Å². The van der Waals surface area contributed by atoms with E-state index in [-0.39, 0.29) is 11.9 Å². The summed E-state index contributed by atoms with van der Waals surface area (Å²) in [6, 6.07) is 10.1. The zero-order chi connectivity index (χ0) is 22.1. The first-order valence-corrected chi connectivity index (χ1v) is 12.2. The Balaban J connectivity index is 1.14. The van der Waals surface area contributed by atoms with Crippen LogP contribution in [-0.2, 0) is 24.3 Å². The summed E-state index contributed by atoms with van der Waals surface area (Å²) >= 11 is 1.81. The number of piperazine rings is 1. The highest BCUT2D eigenvalue weighted by atomic mass is 32.1. The lowest BCUT2D eigenvalue weighted by Crippen LogP contribution is -2.54. The molecule has 2 aliphatic heterocycles. The molecule has 2 aromatic heterocycles. The average Bonchev–Trinajstić information content (AvgIpc) is 3.48. The van der Waals surface area contributed by atoms with Gasteiger partial charge in [0.05, 0.1) is 12.6 Å². The maximum atomic E-state index is 13.1. The summed E-state index contributed by atoms with van der Waals surface area (Å²) in [4.78, 5) is 25.8. The van der Waals surface area contributed by atoms with Crippen LogP contribution in [0.1, 0.15) is 28.8 Å². The molecule has 0 aliphatic carbocycles. The Morgan fingerprint density at radius 2 is 1.97 bits per heavy atom. The Bertz CT molecular complexity index is 1090. The first kappa shape index (κ1) is 21.3. The van der Waals surface area contributed by atoms with Crippen molar-refractivity contribution in [2.24, 2.45) is 0 Å². The van der Waals surface area contributed by atoms with E-state index in [0.29, 0.717) is 18.3 Å². The summed E-state index contributed by atoms with van der Waals surface area (Å²) in [5, 5.41) is 6.30. The van der Waals surface area contributed by atoms with Crippen LogP contribution >= 0.6 is 11.3 Å². The van der Waals surface area contributed by atoms with Crippen LogP contribution in [0.25, 0.3) is 11.4 Å². The van der Waals surface area contributed by atoms with Crippen molar-refractivity contribution in [2.45, 2.75) is 39.4 Å². The van der Waals surface area contributed by atoms with Crippen molar-refractivity contribution < 1.29 is 9.32 Å². The zero-order valence-electron chi connectivity index (χ0n) is 18.7. The highest BCUT2D eigenvalue weighted by molar-refractivity contribution is 7.10. The van der Waals surface area contributed by atoms with Gasteiger partial charge in [0.15, 0.2) is 0 Å². The fourth-order valence-electron chi connectivity index (χ4n) is 4.61. The molecule has 0 bridgehead atoms. The number of aryl methyl sites for hydroxylation is 1. The molecule has 1 amide bonds. The van der Waals surface area contributed by atoms with E-state index < -0.39 is 0 Å². The van der Waals surface area contributed by atoms with Crippen molar-refractivity contribution in [3.8, 4) is 11.4 Å². The summed E-state index contributed by atoms with van der Waals surface area (Å²) in [5.41, 5.74) is 3.46. The van der Waals surface area contributed by atoms with Crippen LogP contribution in [0.2, 0.25) is 0 Å². The first-order valence-electron chi connectivity index (χ1n) is 11.3. The Kier molecular flexibility index (Phi) is 6.08. The summed E-state index contributed by atoms with van der Waals surface area (Å²) in [6.07, 6.45) is 0.980. The smallest absolute Gasteiger partial charge is 0.241 e. The minimum atomic E-state index is -0.0894. The Labute approximate surface area is 192 Å². The summed E-state index contributed by atoms with van der Waals surface area (Å²) in [5.74, 6) is 1.53. The van der Waals surface area contributed by atoms with E-state index in [1.807, 2.05) is 30.0 Å². The van der Waals surface area contributed by atoms with Gasteiger partial charge in [0.2, 0.25) is 17.6 Å². The molecule has 8 heteroatoms. The van der Waals surface area contributed by atoms with Crippen molar-refractivity contribution in [2.75, 3.05) is 32.7 Å². The van der Waals surface area contributed by atoms with E-state index in [9.17, 15) is 4.79 Å². The van der Waals surface area contributed by atoms with E-state index in [2.05, 4.69) is 44.4 Å². The van der Waals surface area contributed by atoms with Crippen LogP contribution < -0.4 is 0 Å². The lowest BCUT2D eigenvalue weighted by atomic mass is 10.1. The summed E-state index contributed by atoms with van der Waals surface area (Å²) in [7, 11) is 0. The molecule has 0 spiro atoms. The monoisotopic (exact) mass is 451 g/mol. The van der Waals surface area contributed by atoms with Gasteiger partial charge in [-0.2, -0.15) is 4.98 Å². The van der Waals surface area contributed by atoms with Gasteiger partial charge in [-0.3, -0.25) is 14.6 Å². The molecule has 1 unspecified atom stereocenters. The number of carbonyl (C=O) groups is 1. The molecule has 0 radical (unpaired) electrons. The molecular formula is C24H29N5O2S. The molecule has 168 valence electrons. The van der Waals surface area contributed by atoms with E-state index in [4.69, 9.17) is 4.52 Å². The van der Waals surface area contributed by atoms with Crippen LogP contribution in [0.5, 0.6) is 0 Å². The number of benzene rings is 1. The third-order valence-electron chi connectivity index (χ3n) is 6.64. The van der Waals surface area contributed by atoms with Crippen LogP contribution in [0.3, 0.4) is 0 Å². The van der Waals surface area contributed by atoms with Crippen molar-refractivity contribution in [3.63, 3.8) is 0 Å². The first-order chi connectivity index (χ1) is 15.6. The predicted octanol–water partition coefficient (Wildman–Crippen LogP) is 3.20. The van der Waals surface area contributed by atoms with Gasteiger partial charge in [-0.25, -0.2) is 0 Å². The number of fused-ring (bicyclic) bond motifs is 1. The molecule has 1 fully saturated rings. The summed E-state index contributed by atoms with van der Waals surface area (Å²) in [6.45, 7) is 9.82. The van der Waals surface area contributed by atoms with Gasteiger partial charge in [0, 0.05) is 49.7 Å². The largest absolute Gasteiger partial charge is 0.338 e. The van der Waals surface area contributed by atoms with Gasteiger partial charge >= 0.3 is 0 Å². The highest BCUT2D eigenvalue weighted by Crippen LogP contribution is 2.25. The molecule has 3 aromatic rings. The molecular weight excluding hydrogens is 422 g/mol. The number of hydrogen-bond donors (Lipinski definition) is 0. The Morgan fingerprint density at radius 1 is 1.16 bits per heavy atom. The number of hydrogen-bond acceptors (Lipinski definition) is 7. The van der Waals surface area contributed by atoms with Crippen molar-refractivity contribution >= 4 is 17.2 Å². The molecule has 7 nitrogen and oxygen atoms in total. The Morgan fingerprint density at radius 3 is 2.78 bits per heavy atom. The fraction of sp³-hybridized carbons (Fsp3) is 0.458. The standard InChI is InChI=1S/C24H29N5O2S/c1-17-5-3-4-6-20(17)23-25-22(31-26-23)16-27-10-12-28(13-11-27)18(2)24(30)29-9-7-21-19(15-29)8-14-32-21/h3-6,8,14,18H,7,9-13,15-16H2,1-2H3. The maximum absolute atomic E-state index is 13.1. The van der Waals surface area contributed by atoms with Gasteiger partial charge in [-0.15, -0.1) is 11.3 Å². The normalized spacial score (nSPS) is 18.5. The number of carbonyl (C=O) groups excluding carboxylic acids is 1. The molecule has 2 aliphatic rings. The second-order valence-electron chi connectivity index (χ2n) is 8.69. The van der Waals surface area contributed by atoms with Crippen LogP contribution in [0, 0.1) is 6.92 Å². The second kappa shape index (κ2) is 9.13. The number of aromatic nitrogens is 2. The third-order valence-corrected chi connectivity index (χ3v) is 7.67. The van der Waals surface area contributed by atoms with Gasteiger partial charge in [-0.05, 0) is 42.8 Å². The average molecular weight is 452 g/mol. The Hall–Kier alpha value is -2.55. The van der Waals surface area contributed by atoms with Crippen molar-refractivity contribution in [1.82, 2.24) is 24.8 Å². The molecule has 1 atom stereocenters. The van der Waals surface area contributed by atoms with Gasteiger partial charge in [0.1, 0.15) is 0 Å². The van der Waals surface area contributed by atoms with Crippen LogP contribution in [0.4, 0.5) is 0 Å². The second-order valence-corrected chi connectivity index (χ2v) is 9.69. The van der Waals surface area contributed by atoms with Gasteiger partial charge in [0.25, 0.3) is 0 Å². The van der Waals surface area contributed by atoms with E-state index in [0.717, 1.165) is 56.8 Å². The highest BCUT2D eigenvalue weighted by Gasteiger charge is 2.31. The van der Waals surface area contributed by atoms with E-state index in [1.165, 1.54) is 10.4 Å². The SMILES string of the molecule is Cc1ccccc1-c1noc(CN2CCN(C(C)C(=O)N3CCc4sccc4C3)CC2)n1. The molecule has 5 rings (SSSR count). The minimum absolute atomic E-state index is 0.0894. The number of nitrogens with zero attached hydrogens (tertiary/aromatic N) is 5. The van der Waals surface area contributed by atoms with Gasteiger partial charge in [-0.1, -0.05) is 29.4 Å². The molecule has 1 aromatic carbocycles.